The van der Waals surface area contributed by atoms with Crippen LogP contribution >= 0.6 is 0 Å². The molecular weight excluding hydrogens is 150 g/mol. The van der Waals surface area contributed by atoms with Crippen LogP contribution in [0.4, 0.5) is 0 Å². The molecule has 3 nitrogen and oxygen atoms in total. The number of hydrogen-bond donors (Lipinski definition) is 1. The first-order chi connectivity index (χ1) is 5.77. The Kier molecular flexibility index (Phi) is 3.51. The summed E-state index contributed by atoms with van der Waals surface area (Å²) in [7, 11) is 4.08. The van der Waals surface area contributed by atoms with E-state index >= 15 is 0 Å². The molecule has 2 atom stereocenters. The first-order valence-corrected chi connectivity index (χ1v) is 4.50. The summed E-state index contributed by atoms with van der Waals surface area (Å²) in [4.78, 5) is 2.33. The van der Waals surface area contributed by atoms with E-state index in [1.807, 2.05) is 7.05 Å². The Bertz CT molecular complexity index is 173. The highest BCUT2D eigenvalue weighted by molar-refractivity contribution is 4.89. The van der Waals surface area contributed by atoms with Crippen molar-refractivity contribution < 1.29 is 0 Å². The topological polar surface area (TPSA) is 39.1 Å². The first kappa shape index (κ1) is 9.50. The van der Waals surface area contributed by atoms with Gasteiger partial charge in [0.15, 0.2) is 0 Å². The van der Waals surface area contributed by atoms with Crippen LogP contribution in [0.15, 0.2) is 0 Å². The van der Waals surface area contributed by atoms with Gasteiger partial charge in [0, 0.05) is 12.6 Å². The lowest BCUT2D eigenvalue weighted by atomic mass is 9.97. The smallest absolute Gasteiger partial charge is 0.0638 e. The molecule has 0 bridgehead atoms. The molecule has 1 rings (SSSR count). The maximum atomic E-state index is 8.59. The van der Waals surface area contributed by atoms with Crippen LogP contribution in [-0.4, -0.2) is 38.1 Å². The average molecular weight is 167 g/mol. The number of likely N-dealkylation sites (tertiary alicyclic amines) is 1. The molecule has 1 N–H and O–H groups in total. The van der Waals surface area contributed by atoms with Gasteiger partial charge in [-0.1, -0.05) is 0 Å². The maximum Gasteiger partial charge on any atom is 0.0638 e. The maximum absolute atomic E-state index is 8.59. The molecule has 68 valence electrons. The quantitative estimate of drug-likeness (QED) is 0.663. The van der Waals surface area contributed by atoms with E-state index in [1.54, 1.807) is 0 Å². The van der Waals surface area contributed by atoms with Crippen molar-refractivity contribution in [3.8, 4) is 6.07 Å². The van der Waals surface area contributed by atoms with Crippen LogP contribution in [0.3, 0.4) is 0 Å². The van der Waals surface area contributed by atoms with Crippen LogP contribution in [-0.2, 0) is 0 Å². The van der Waals surface area contributed by atoms with Crippen LogP contribution in [0.2, 0.25) is 0 Å². The summed E-state index contributed by atoms with van der Waals surface area (Å²) in [5.74, 6) is 0.666. The molecule has 0 saturated carbocycles. The van der Waals surface area contributed by atoms with Gasteiger partial charge in [0.05, 0.1) is 12.5 Å². The number of nitriles is 1. The predicted molar refractivity (Wildman–Crippen MR) is 48.7 cm³/mol. The molecule has 0 spiro atoms. The summed E-state index contributed by atoms with van der Waals surface area (Å²) in [5, 5.41) is 11.8. The van der Waals surface area contributed by atoms with Crippen molar-refractivity contribution in [1.82, 2.24) is 10.2 Å². The van der Waals surface area contributed by atoms with Crippen molar-refractivity contribution in [3.05, 3.63) is 0 Å². The summed E-state index contributed by atoms with van der Waals surface area (Å²) in [6.07, 6.45) is 1.86. The van der Waals surface area contributed by atoms with Crippen LogP contribution in [0, 0.1) is 17.2 Å². The Labute approximate surface area is 74.4 Å². The van der Waals surface area contributed by atoms with Crippen molar-refractivity contribution in [1.29, 1.82) is 5.26 Å². The van der Waals surface area contributed by atoms with E-state index in [0.717, 1.165) is 6.54 Å². The largest absolute Gasteiger partial charge is 0.316 e. The van der Waals surface area contributed by atoms with Crippen molar-refractivity contribution in [2.75, 3.05) is 27.2 Å². The standard InChI is InChI=1S/C9H17N3/c1-11-9(3-5-10)8-4-6-12(2)7-8/h8-9,11H,3-4,6-7H2,1-2H3. The SMILES string of the molecule is CNC(CC#N)C1CCN(C)C1. The summed E-state index contributed by atoms with van der Waals surface area (Å²) < 4.78 is 0. The molecule has 3 heteroatoms. The number of nitrogens with one attached hydrogen (secondary N) is 1. The lowest BCUT2D eigenvalue weighted by molar-refractivity contribution is 0.348. The molecular formula is C9H17N3. The molecule has 0 aliphatic carbocycles. The van der Waals surface area contributed by atoms with Crippen LogP contribution in [0.1, 0.15) is 12.8 Å². The zero-order valence-electron chi connectivity index (χ0n) is 7.88. The van der Waals surface area contributed by atoms with Crippen molar-refractivity contribution in [3.63, 3.8) is 0 Å². The monoisotopic (exact) mass is 167 g/mol. The second-order valence-corrected chi connectivity index (χ2v) is 3.57. The summed E-state index contributed by atoms with van der Waals surface area (Å²) in [6.45, 7) is 2.31. The van der Waals surface area contributed by atoms with Gasteiger partial charge in [-0.05, 0) is 33.0 Å². The lowest BCUT2D eigenvalue weighted by Crippen LogP contribution is -2.34. The number of rotatable bonds is 3. The highest BCUT2D eigenvalue weighted by atomic mass is 15.1. The van der Waals surface area contributed by atoms with Crippen LogP contribution < -0.4 is 5.32 Å². The second-order valence-electron chi connectivity index (χ2n) is 3.57. The van der Waals surface area contributed by atoms with E-state index in [0.29, 0.717) is 18.4 Å². The van der Waals surface area contributed by atoms with E-state index in [-0.39, 0.29) is 0 Å². The fraction of sp³-hybridized carbons (Fsp3) is 0.889. The van der Waals surface area contributed by atoms with Crippen molar-refractivity contribution in [2.24, 2.45) is 5.92 Å². The van der Waals surface area contributed by atoms with Gasteiger partial charge >= 0.3 is 0 Å². The third kappa shape index (κ3) is 2.20. The summed E-state index contributed by atoms with van der Waals surface area (Å²) in [6, 6.07) is 2.62. The minimum absolute atomic E-state index is 0.389. The van der Waals surface area contributed by atoms with E-state index in [4.69, 9.17) is 5.26 Å². The van der Waals surface area contributed by atoms with E-state index < -0.39 is 0 Å². The Hall–Kier alpha value is -0.590. The molecule has 0 aromatic heterocycles. The van der Waals surface area contributed by atoms with E-state index in [2.05, 4.69) is 23.3 Å². The second kappa shape index (κ2) is 4.44. The first-order valence-electron chi connectivity index (χ1n) is 4.50. The highest BCUT2D eigenvalue weighted by Gasteiger charge is 2.26. The Balaban J connectivity index is 2.39. The molecule has 1 aliphatic heterocycles. The van der Waals surface area contributed by atoms with Crippen molar-refractivity contribution in [2.45, 2.75) is 18.9 Å². The molecule has 12 heavy (non-hydrogen) atoms. The van der Waals surface area contributed by atoms with Gasteiger partial charge < -0.3 is 10.2 Å². The fourth-order valence-corrected chi connectivity index (χ4v) is 1.90. The molecule has 1 aliphatic rings. The molecule has 1 saturated heterocycles. The van der Waals surface area contributed by atoms with Gasteiger partial charge in [-0.3, -0.25) is 0 Å². The molecule has 0 aromatic carbocycles. The minimum Gasteiger partial charge on any atom is -0.316 e. The van der Waals surface area contributed by atoms with Crippen LogP contribution in [0.25, 0.3) is 0 Å². The number of nitrogens with zero attached hydrogens (tertiary/aromatic N) is 2. The van der Waals surface area contributed by atoms with Gasteiger partial charge in [0.1, 0.15) is 0 Å². The van der Waals surface area contributed by atoms with Gasteiger partial charge in [-0.25, -0.2) is 0 Å². The normalized spacial score (nSPS) is 26.9. The summed E-state index contributed by atoms with van der Waals surface area (Å²) >= 11 is 0. The molecule has 1 heterocycles. The molecule has 0 aromatic rings. The third-order valence-corrected chi connectivity index (χ3v) is 2.68. The Morgan fingerprint density at radius 3 is 2.92 bits per heavy atom. The molecule has 2 unspecified atom stereocenters. The van der Waals surface area contributed by atoms with Gasteiger partial charge in [0.2, 0.25) is 0 Å². The fourth-order valence-electron chi connectivity index (χ4n) is 1.90. The van der Waals surface area contributed by atoms with Crippen molar-refractivity contribution >= 4 is 0 Å². The third-order valence-electron chi connectivity index (χ3n) is 2.68. The zero-order valence-corrected chi connectivity index (χ0v) is 7.88. The predicted octanol–water partition coefficient (Wildman–Crippen LogP) is 0.440. The van der Waals surface area contributed by atoms with Crippen LogP contribution in [0.5, 0.6) is 0 Å². The number of hydrogen-bond acceptors (Lipinski definition) is 3. The highest BCUT2D eigenvalue weighted by Crippen LogP contribution is 2.19. The van der Waals surface area contributed by atoms with Gasteiger partial charge in [-0.15, -0.1) is 0 Å². The summed E-state index contributed by atoms with van der Waals surface area (Å²) in [5.41, 5.74) is 0. The zero-order chi connectivity index (χ0) is 8.97. The lowest BCUT2D eigenvalue weighted by Gasteiger charge is -2.19. The minimum atomic E-state index is 0.389. The molecule has 1 fully saturated rings. The van der Waals surface area contributed by atoms with Gasteiger partial charge in [0.25, 0.3) is 0 Å². The van der Waals surface area contributed by atoms with E-state index in [1.165, 1.54) is 13.0 Å². The van der Waals surface area contributed by atoms with E-state index in [9.17, 15) is 0 Å². The Morgan fingerprint density at radius 1 is 1.75 bits per heavy atom. The molecule has 0 amide bonds. The Morgan fingerprint density at radius 2 is 2.50 bits per heavy atom. The van der Waals surface area contributed by atoms with Gasteiger partial charge in [-0.2, -0.15) is 5.26 Å². The molecule has 0 radical (unpaired) electrons. The average Bonchev–Trinajstić information content (AvgIpc) is 2.47.